The maximum absolute atomic E-state index is 12.3. The molecule has 1 aliphatic rings. The number of rotatable bonds is 4. The van der Waals surface area contributed by atoms with E-state index >= 15 is 0 Å². The summed E-state index contributed by atoms with van der Waals surface area (Å²) in [6.07, 6.45) is 3.07. The summed E-state index contributed by atoms with van der Waals surface area (Å²) in [7, 11) is -3.64. The zero-order valence-electron chi connectivity index (χ0n) is 11.4. The van der Waals surface area contributed by atoms with Gasteiger partial charge in [-0.3, -0.25) is 0 Å². The van der Waals surface area contributed by atoms with E-state index in [0.29, 0.717) is 12.8 Å². The van der Waals surface area contributed by atoms with Gasteiger partial charge in [0.1, 0.15) is 6.07 Å². The molecule has 7 heteroatoms. The van der Waals surface area contributed by atoms with E-state index in [9.17, 15) is 8.42 Å². The van der Waals surface area contributed by atoms with Gasteiger partial charge in [0, 0.05) is 12.6 Å². The average molecular weight is 329 g/mol. The first kappa shape index (κ1) is 16.2. The lowest BCUT2D eigenvalue weighted by molar-refractivity contribution is 0.180. The van der Waals surface area contributed by atoms with E-state index in [1.54, 1.807) is 0 Å². The number of benzene rings is 1. The number of nitriles is 1. The Hall–Kier alpha value is -1.13. The molecule has 0 radical (unpaired) electrons. The van der Waals surface area contributed by atoms with Gasteiger partial charge < -0.3 is 5.11 Å². The second-order valence-corrected chi connectivity index (χ2v) is 7.40. The average Bonchev–Trinajstić information content (AvgIpc) is 2.47. The Morgan fingerprint density at radius 1 is 1.33 bits per heavy atom. The molecule has 2 rings (SSSR count). The third kappa shape index (κ3) is 3.95. The molecule has 0 aliphatic heterocycles. The lowest BCUT2D eigenvalue weighted by Gasteiger charge is -2.27. The van der Waals surface area contributed by atoms with Crippen LogP contribution in [0.2, 0.25) is 5.02 Å². The van der Waals surface area contributed by atoms with E-state index in [2.05, 4.69) is 4.72 Å². The fourth-order valence-electron chi connectivity index (χ4n) is 2.50. The Labute approximate surface area is 129 Å². The lowest BCUT2D eigenvalue weighted by Crippen LogP contribution is -2.38. The van der Waals surface area contributed by atoms with Crippen molar-refractivity contribution < 1.29 is 13.5 Å². The molecule has 21 heavy (non-hydrogen) atoms. The van der Waals surface area contributed by atoms with Crippen molar-refractivity contribution in [3.05, 3.63) is 28.8 Å². The second-order valence-electron chi connectivity index (χ2n) is 5.27. The molecule has 5 nitrogen and oxygen atoms in total. The van der Waals surface area contributed by atoms with Crippen LogP contribution in [0, 0.1) is 17.2 Å². The first-order valence-corrected chi connectivity index (χ1v) is 8.65. The summed E-state index contributed by atoms with van der Waals surface area (Å²) in [5, 5.41) is 18.0. The second kappa shape index (κ2) is 6.75. The molecule has 0 amide bonds. The third-order valence-electron chi connectivity index (χ3n) is 3.80. The summed E-state index contributed by atoms with van der Waals surface area (Å²) in [6.45, 7) is 0.157. The minimum Gasteiger partial charge on any atom is -0.396 e. The fraction of sp³-hybridized carbons (Fsp3) is 0.500. The van der Waals surface area contributed by atoms with Gasteiger partial charge in [0.2, 0.25) is 10.0 Å². The van der Waals surface area contributed by atoms with Crippen LogP contribution in [0.15, 0.2) is 23.1 Å². The van der Waals surface area contributed by atoms with Gasteiger partial charge in [0.25, 0.3) is 0 Å². The summed E-state index contributed by atoms with van der Waals surface area (Å²) < 4.78 is 27.3. The molecule has 1 aromatic rings. The first-order chi connectivity index (χ1) is 9.96. The first-order valence-electron chi connectivity index (χ1n) is 6.79. The number of hydrogen-bond acceptors (Lipinski definition) is 4. The van der Waals surface area contributed by atoms with Gasteiger partial charge in [-0.25, -0.2) is 13.1 Å². The zero-order chi connectivity index (χ0) is 15.5. The monoisotopic (exact) mass is 328 g/mol. The minimum absolute atomic E-state index is 0.0655. The summed E-state index contributed by atoms with van der Waals surface area (Å²) in [5.41, 5.74) is 0.249. The Morgan fingerprint density at radius 3 is 2.52 bits per heavy atom. The zero-order valence-corrected chi connectivity index (χ0v) is 13.0. The Morgan fingerprint density at radius 2 is 2.00 bits per heavy atom. The van der Waals surface area contributed by atoms with Crippen molar-refractivity contribution in [2.45, 2.75) is 36.6 Å². The maximum Gasteiger partial charge on any atom is 0.240 e. The smallest absolute Gasteiger partial charge is 0.240 e. The molecule has 0 bridgehead atoms. The lowest BCUT2D eigenvalue weighted by atomic mass is 9.87. The van der Waals surface area contributed by atoms with Crippen LogP contribution in [0.1, 0.15) is 31.2 Å². The number of nitrogens with one attached hydrogen (secondary N) is 1. The molecule has 0 atom stereocenters. The number of sulfonamides is 1. The van der Waals surface area contributed by atoms with Crippen molar-refractivity contribution in [1.29, 1.82) is 5.26 Å². The molecule has 0 aromatic heterocycles. The van der Waals surface area contributed by atoms with Crippen molar-refractivity contribution in [2.24, 2.45) is 5.92 Å². The van der Waals surface area contributed by atoms with E-state index in [1.165, 1.54) is 18.2 Å². The molecule has 2 N–H and O–H groups in total. The molecule has 0 saturated heterocycles. The Bertz CT molecular complexity index is 647. The summed E-state index contributed by atoms with van der Waals surface area (Å²) >= 11 is 5.87. The summed E-state index contributed by atoms with van der Waals surface area (Å²) in [4.78, 5) is 0.0655. The number of nitrogens with zero attached hydrogens (tertiary/aromatic N) is 1. The topological polar surface area (TPSA) is 90.2 Å². The molecule has 0 spiro atoms. The molecular weight excluding hydrogens is 312 g/mol. The van der Waals surface area contributed by atoms with E-state index in [4.69, 9.17) is 22.0 Å². The molecule has 1 fully saturated rings. The molecule has 0 heterocycles. The van der Waals surface area contributed by atoms with Gasteiger partial charge in [0.05, 0.1) is 15.5 Å². The molecule has 1 aliphatic carbocycles. The van der Waals surface area contributed by atoms with E-state index in [1.807, 2.05) is 6.07 Å². The standard InChI is InChI=1S/C14H17ClN2O3S/c15-14-7-13(6-3-11(14)8-16)21(19,20)17-12-4-1-10(9-18)2-5-12/h3,6-7,10,12,17-18H,1-2,4-5,9H2. The van der Waals surface area contributed by atoms with Gasteiger partial charge in [0.15, 0.2) is 0 Å². The van der Waals surface area contributed by atoms with E-state index in [-0.39, 0.29) is 34.0 Å². The Balaban J connectivity index is 2.09. The SMILES string of the molecule is N#Cc1ccc(S(=O)(=O)NC2CCC(CO)CC2)cc1Cl. The van der Waals surface area contributed by atoms with Crippen LogP contribution >= 0.6 is 11.6 Å². The normalized spacial score (nSPS) is 22.7. The van der Waals surface area contributed by atoms with Crippen molar-refractivity contribution >= 4 is 21.6 Å². The predicted octanol–water partition coefficient (Wildman–Crippen LogP) is 2.04. The highest BCUT2D eigenvalue weighted by Gasteiger charge is 2.25. The van der Waals surface area contributed by atoms with Crippen LogP contribution in [0.25, 0.3) is 0 Å². The summed E-state index contributed by atoms with van der Waals surface area (Å²) in [5.74, 6) is 0.273. The van der Waals surface area contributed by atoms with E-state index in [0.717, 1.165) is 12.8 Å². The largest absolute Gasteiger partial charge is 0.396 e. The number of aliphatic hydroxyl groups excluding tert-OH is 1. The molecule has 1 aromatic carbocycles. The van der Waals surface area contributed by atoms with Crippen LogP contribution in [0.4, 0.5) is 0 Å². The molecule has 1 saturated carbocycles. The Kier molecular flexibility index (Phi) is 5.22. The highest BCUT2D eigenvalue weighted by atomic mass is 35.5. The van der Waals surface area contributed by atoms with Crippen molar-refractivity contribution in [1.82, 2.24) is 4.72 Å². The maximum atomic E-state index is 12.3. The molecule has 114 valence electrons. The van der Waals surface area contributed by atoms with Gasteiger partial charge >= 0.3 is 0 Å². The minimum atomic E-state index is -3.64. The van der Waals surface area contributed by atoms with Crippen molar-refractivity contribution in [3.63, 3.8) is 0 Å². The highest BCUT2D eigenvalue weighted by molar-refractivity contribution is 7.89. The number of hydrogen-bond donors (Lipinski definition) is 2. The molecular formula is C14H17ClN2O3S. The van der Waals surface area contributed by atoms with Crippen LogP contribution < -0.4 is 4.72 Å². The van der Waals surface area contributed by atoms with Gasteiger partial charge in [-0.1, -0.05) is 11.6 Å². The summed E-state index contributed by atoms with van der Waals surface area (Å²) in [6, 6.07) is 5.85. The van der Waals surface area contributed by atoms with E-state index < -0.39 is 10.0 Å². The molecule has 0 unspecified atom stereocenters. The number of aliphatic hydroxyl groups is 1. The number of halogens is 1. The third-order valence-corrected chi connectivity index (χ3v) is 5.63. The fourth-order valence-corrected chi connectivity index (χ4v) is 4.12. The van der Waals surface area contributed by atoms with Gasteiger partial charge in [-0.05, 0) is 49.8 Å². The van der Waals surface area contributed by atoms with Crippen LogP contribution in [-0.2, 0) is 10.0 Å². The van der Waals surface area contributed by atoms with Gasteiger partial charge in [-0.15, -0.1) is 0 Å². The van der Waals surface area contributed by atoms with Crippen LogP contribution in [0.3, 0.4) is 0 Å². The van der Waals surface area contributed by atoms with Crippen LogP contribution in [-0.4, -0.2) is 26.2 Å². The highest BCUT2D eigenvalue weighted by Crippen LogP contribution is 2.26. The quantitative estimate of drug-likeness (QED) is 0.885. The van der Waals surface area contributed by atoms with Crippen molar-refractivity contribution in [2.75, 3.05) is 6.61 Å². The van der Waals surface area contributed by atoms with Gasteiger partial charge in [-0.2, -0.15) is 5.26 Å². The van der Waals surface area contributed by atoms with Crippen LogP contribution in [0.5, 0.6) is 0 Å². The predicted molar refractivity (Wildman–Crippen MR) is 79.3 cm³/mol. The van der Waals surface area contributed by atoms with Crippen molar-refractivity contribution in [3.8, 4) is 6.07 Å².